The van der Waals surface area contributed by atoms with Gasteiger partial charge in [-0.05, 0) is 12.5 Å². The molecule has 88 valence electrons. The van der Waals surface area contributed by atoms with E-state index < -0.39 is 12.0 Å². The Hall–Kier alpha value is -1.27. The first-order valence-electron chi connectivity index (χ1n) is 4.72. The predicted molar refractivity (Wildman–Crippen MR) is 62.7 cm³/mol. The van der Waals surface area contributed by atoms with Crippen molar-refractivity contribution >= 4 is 23.6 Å². The monoisotopic (exact) mass is 242 g/mol. The fraction of sp³-hybridized carbons (Fsp3) is 0.400. The molecule has 0 fully saturated rings. The molecule has 0 saturated carbocycles. The summed E-state index contributed by atoms with van der Waals surface area (Å²) in [4.78, 5) is 24.0. The van der Waals surface area contributed by atoms with Gasteiger partial charge in [-0.1, -0.05) is 12.7 Å². The van der Waals surface area contributed by atoms with Crippen LogP contribution in [0.2, 0.25) is 0 Å². The summed E-state index contributed by atoms with van der Waals surface area (Å²) in [7, 11) is 0. The van der Waals surface area contributed by atoms with Gasteiger partial charge < -0.3 is 10.8 Å². The van der Waals surface area contributed by atoms with E-state index in [-0.39, 0.29) is 11.6 Å². The molecule has 1 aliphatic rings. The topological polar surface area (TPSA) is 83.6 Å². The zero-order valence-corrected chi connectivity index (χ0v) is 9.79. The minimum absolute atomic E-state index is 0.00366. The number of carboxylic acids is 1. The lowest BCUT2D eigenvalue weighted by Crippen LogP contribution is -2.44. The molecule has 3 N–H and O–H groups in total. The normalized spacial score (nSPS) is 18.2. The van der Waals surface area contributed by atoms with Crippen molar-refractivity contribution in [3.63, 3.8) is 0 Å². The van der Waals surface area contributed by atoms with Gasteiger partial charge in [-0.15, -0.1) is 11.8 Å². The highest BCUT2D eigenvalue weighted by Crippen LogP contribution is 2.25. The zero-order chi connectivity index (χ0) is 12.3. The Balaban J connectivity index is 3.13. The van der Waals surface area contributed by atoms with Crippen LogP contribution in [0.4, 0.5) is 0 Å². The maximum atomic E-state index is 11.7. The molecule has 1 unspecified atom stereocenters. The molecule has 0 aliphatic carbocycles. The molecule has 16 heavy (non-hydrogen) atoms. The summed E-state index contributed by atoms with van der Waals surface area (Å²) in [5.74, 6) is -0.638. The number of thioether (sulfide) groups is 1. The molecule has 1 heterocycles. The van der Waals surface area contributed by atoms with Crippen LogP contribution in [0.15, 0.2) is 23.9 Å². The van der Waals surface area contributed by atoms with Gasteiger partial charge in [0.2, 0.25) is 5.91 Å². The van der Waals surface area contributed by atoms with E-state index in [1.165, 1.54) is 29.7 Å². The van der Waals surface area contributed by atoms with E-state index in [1.807, 2.05) is 0 Å². The lowest BCUT2D eigenvalue weighted by atomic mass is 10.2. The Bertz CT molecular complexity index is 363. The van der Waals surface area contributed by atoms with Crippen LogP contribution in [-0.4, -0.2) is 39.6 Å². The van der Waals surface area contributed by atoms with Crippen molar-refractivity contribution in [3.8, 4) is 0 Å². The van der Waals surface area contributed by atoms with Crippen LogP contribution in [0.3, 0.4) is 0 Å². The first kappa shape index (κ1) is 12.8. The summed E-state index contributed by atoms with van der Waals surface area (Å²) in [5.41, 5.74) is 6.02. The highest BCUT2D eigenvalue weighted by molar-refractivity contribution is 7.99. The van der Waals surface area contributed by atoms with Crippen molar-refractivity contribution in [1.29, 1.82) is 0 Å². The smallest absolute Gasteiger partial charge is 0.352 e. The predicted octanol–water partition coefficient (Wildman–Crippen LogP) is 0.391. The van der Waals surface area contributed by atoms with Crippen LogP contribution >= 0.6 is 11.8 Å². The summed E-state index contributed by atoms with van der Waals surface area (Å²) in [5, 5.41) is 9.09. The Labute approximate surface area is 98.0 Å². The first-order valence-corrected chi connectivity index (χ1v) is 5.88. The Morgan fingerprint density at radius 3 is 2.75 bits per heavy atom. The molecule has 1 rings (SSSR count). The molecule has 0 spiro atoms. The summed E-state index contributed by atoms with van der Waals surface area (Å²) in [6, 6.07) is -0.709. The molecule has 1 amide bonds. The van der Waals surface area contributed by atoms with Gasteiger partial charge in [-0.2, -0.15) is 0 Å². The number of carboxylic acid groups (broad SMARTS) is 1. The van der Waals surface area contributed by atoms with Crippen LogP contribution in [-0.2, 0) is 9.59 Å². The third-order valence-corrected chi connectivity index (χ3v) is 3.11. The average Bonchev–Trinajstić information content (AvgIpc) is 2.26. The van der Waals surface area contributed by atoms with Crippen LogP contribution in [0, 0.1) is 0 Å². The number of carbonyl (C=O) groups excluding carboxylic acids is 1. The molecule has 0 aromatic heterocycles. The van der Waals surface area contributed by atoms with Crippen LogP contribution in [0.1, 0.15) is 6.92 Å². The number of nitrogens with two attached hydrogens (primary N) is 1. The highest BCUT2D eigenvalue weighted by Gasteiger charge is 2.30. The van der Waals surface area contributed by atoms with Gasteiger partial charge in [0.25, 0.3) is 0 Å². The number of allylic oxidation sites excluding steroid dienone is 1. The fourth-order valence-corrected chi connectivity index (χ4v) is 2.39. The van der Waals surface area contributed by atoms with E-state index in [0.29, 0.717) is 17.2 Å². The standard InChI is InChI=1S/C10H14N2O3S/c1-3-7-4-16-5-12(8(7)10(14)15)9(13)6(2)11/h3,6H,1,4-5,11H2,2H3,(H,14,15). The summed E-state index contributed by atoms with van der Waals surface area (Å²) >= 11 is 1.46. The average molecular weight is 242 g/mol. The highest BCUT2D eigenvalue weighted by atomic mass is 32.2. The summed E-state index contributed by atoms with van der Waals surface area (Å²) in [6.07, 6.45) is 1.47. The summed E-state index contributed by atoms with van der Waals surface area (Å²) < 4.78 is 0. The molecule has 5 nitrogen and oxygen atoms in total. The van der Waals surface area contributed by atoms with E-state index in [9.17, 15) is 9.59 Å². The molecule has 6 heteroatoms. The second-order valence-corrected chi connectivity index (χ2v) is 4.37. The number of nitrogens with zero attached hydrogens (tertiary/aromatic N) is 1. The van der Waals surface area contributed by atoms with Crippen LogP contribution in [0.25, 0.3) is 0 Å². The lowest BCUT2D eigenvalue weighted by Gasteiger charge is -2.29. The van der Waals surface area contributed by atoms with Crippen molar-refractivity contribution in [1.82, 2.24) is 4.90 Å². The second-order valence-electron chi connectivity index (χ2n) is 3.42. The fourth-order valence-electron chi connectivity index (χ4n) is 1.38. The molecule has 0 aromatic rings. The lowest BCUT2D eigenvalue weighted by molar-refractivity contribution is -0.139. The van der Waals surface area contributed by atoms with Gasteiger partial charge in [0.1, 0.15) is 5.70 Å². The van der Waals surface area contributed by atoms with Crippen molar-refractivity contribution in [2.24, 2.45) is 5.73 Å². The number of hydrogen-bond acceptors (Lipinski definition) is 4. The molecular formula is C10H14N2O3S. The quantitative estimate of drug-likeness (QED) is 0.748. The minimum Gasteiger partial charge on any atom is -0.477 e. The molecule has 1 aliphatic heterocycles. The Morgan fingerprint density at radius 2 is 2.31 bits per heavy atom. The van der Waals surface area contributed by atoms with Gasteiger partial charge in [-0.25, -0.2) is 4.79 Å². The number of rotatable bonds is 3. The van der Waals surface area contributed by atoms with E-state index in [0.717, 1.165) is 0 Å². The maximum Gasteiger partial charge on any atom is 0.352 e. The van der Waals surface area contributed by atoms with Crippen LogP contribution in [0.5, 0.6) is 0 Å². The second kappa shape index (κ2) is 5.18. The SMILES string of the molecule is C=CC1=C(C(=O)O)N(C(=O)C(C)N)CSC1. The zero-order valence-electron chi connectivity index (χ0n) is 8.97. The Morgan fingerprint density at radius 1 is 1.69 bits per heavy atom. The van der Waals surface area contributed by atoms with Crippen molar-refractivity contribution in [2.75, 3.05) is 11.6 Å². The van der Waals surface area contributed by atoms with Crippen molar-refractivity contribution in [2.45, 2.75) is 13.0 Å². The number of carbonyl (C=O) groups is 2. The number of hydrogen-bond donors (Lipinski definition) is 2. The third-order valence-electron chi connectivity index (χ3n) is 2.16. The van der Waals surface area contributed by atoms with E-state index >= 15 is 0 Å². The Kier molecular flexibility index (Phi) is 4.14. The molecule has 0 bridgehead atoms. The minimum atomic E-state index is -1.12. The van der Waals surface area contributed by atoms with Gasteiger partial charge in [0, 0.05) is 5.75 Å². The van der Waals surface area contributed by atoms with E-state index in [1.54, 1.807) is 0 Å². The first-order chi connectivity index (χ1) is 7.49. The van der Waals surface area contributed by atoms with Gasteiger partial charge in [-0.3, -0.25) is 9.69 Å². The van der Waals surface area contributed by atoms with Gasteiger partial charge >= 0.3 is 5.97 Å². The van der Waals surface area contributed by atoms with Gasteiger partial charge in [0.05, 0.1) is 11.9 Å². The van der Waals surface area contributed by atoms with E-state index in [4.69, 9.17) is 10.8 Å². The molecule has 0 saturated heterocycles. The van der Waals surface area contributed by atoms with E-state index in [2.05, 4.69) is 6.58 Å². The number of amides is 1. The number of aliphatic carboxylic acids is 1. The molecule has 0 radical (unpaired) electrons. The van der Waals surface area contributed by atoms with Crippen molar-refractivity contribution < 1.29 is 14.7 Å². The maximum absolute atomic E-state index is 11.7. The van der Waals surface area contributed by atoms with Crippen LogP contribution < -0.4 is 5.73 Å². The van der Waals surface area contributed by atoms with Crippen molar-refractivity contribution in [3.05, 3.63) is 23.9 Å². The van der Waals surface area contributed by atoms with Gasteiger partial charge in [0.15, 0.2) is 0 Å². The summed E-state index contributed by atoms with van der Waals surface area (Å²) in [6.45, 7) is 5.09. The largest absolute Gasteiger partial charge is 0.477 e. The molecule has 0 aromatic carbocycles. The molecular weight excluding hydrogens is 228 g/mol. The third kappa shape index (κ3) is 2.45. The molecule has 1 atom stereocenters.